The van der Waals surface area contributed by atoms with Crippen molar-refractivity contribution in [1.29, 1.82) is 0 Å². The first-order valence-electron chi connectivity index (χ1n) is 9.33. The van der Waals surface area contributed by atoms with Gasteiger partial charge in [0.25, 0.3) is 0 Å². The summed E-state index contributed by atoms with van der Waals surface area (Å²) in [6.07, 6.45) is 12.1. The number of hydrogen-bond donors (Lipinski definition) is 0. The second-order valence-corrected chi connectivity index (χ2v) is 7.27. The van der Waals surface area contributed by atoms with Crippen LogP contribution >= 0.6 is 0 Å². The van der Waals surface area contributed by atoms with Crippen molar-refractivity contribution >= 4 is 10.8 Å². The third-order valence-electron chi connectivity index (χ3n) is 5.79. The molecule has 0 unspecified atom stereocenters. The van der Waals surface area contributed by atoms with E-state index in [2.05, 4.69) is 36.4 Å². The Balaban J connectivity index is 0.00000157. The van der Waals surface area contributed by atoms with E-state index in [1.54, 1.807) is 5.56 Å². The molecule has 0 spiro atoms. The summed E-state index contributed by atoms with van der Waals surface area (Å²) >= 11 is 0. The first-order valence-corrected chi connectivity index (χ1v) is 9.33. The topological polar surface area (TPSA) is 12.9 Å². The monoisotopic (exact) mass is 505 g/mol. The molecular weight excluding hydrogens is 482 g/mol. The van der Waals surface area contributed by atoms with Crippen LogP contribution in [0.5, 0.6) is 0 Å². The fourth-order valence-electron chi connectivity index (χ4n) is 4.53. The minimum absolute atomic E-state index is 0. The fourth-order valence-corrected chi connectivity index (χ4v) is 4.53. The van der Waals surface area contributed by atoms with E-state index in [0.29, 0.717) is 0 Å². The smallest absolute Gasteiger partial charge is 0.0167 e. The zero-order valence-corrected chi connectivity index (χ0v) is 16.8. The summed E-state index contributed by atoms with van der Waals surface area (Å²) in [7, 11) is 0. The Morgan fingerprint density at radius 2 is 1.52 bits per heavy atom. The Morgan fingerprint density at radius 1 is 0.800 bits per heavy atom. The number of fused-ring (bicyclic) bond motifs is 3. The van der Waals surface area contributed by atoms with E-state index in [1.165, 1.54) is 84.4 Å². The van der Waals surface area contributed by atoms with Crippen LogP contribution in [0, 0.1) is 6.07 Å². The number of aryl methyl sites for hydroxylation is 3. The maximum atomic E-state index is 4.80. The van der Waals surface area contributed by atoms with Crippen LogP contribution in [0.4, 0.5) is 0 Å². The van der Waals surface area contributed by atoms with Gasteiger partial charge in [-0.15, -0.1) is 34.9 Å². The molecule has 2 aliphatic carbocycles. The van der Waals surface area contributed by atoms with Gasteiger partial charge in [-0.3, -0.25) is 0 Å². The van der Waals surface area contributed by atoms with Gasteiger partial charge in [0.1, 0.15) is 0 Å². The van der Waals surface area contributed by atoms with Gasteiger partial charge in [0.2, 0.25) is 0 Å². The van der Waals surface area contributed by atoms with Crippen LogP contribution in [0.2, 0.25) is 0 Å². The number of aromatic nitrogens is 1. The Labute approximate surface area is 163 Å². The molecule has 0 fully saturated rings. The van der Waals surface area contributed by atoms with Crippen LogP contribution in [-0.2, 0) is 45.8 Å². The second-order valence-electron chi connectivity index (χ2n) is 7.27. The number of pyridine rings is 1. The first-order chi connectivity index (χ1) is 11.9. The third kappa shape index (κ3) is 2.96. The molecular formula is C23H22IrN-. The van der Waals surface area contributed by atoms with Crippen LogP contribution in [0.3, 0.4) is 0 Å². The Hall–Kier alpha value is -1.50. The van der Waals surface area contributed by atoms with Crippen LogP contribution in [0.15, 0.2) is 36.5 Å². The molecule has 0 bridgehead atoms. The normalized spacial score (nSPS) is 16.0. The predicted molar refractivity (Wildman–Crippen MR) is 99.3 cm³/mol. The molecule has 0 amide bonds. The van der Waals surface area contributed by atoms with Crippen LogP contribution in [-0.4, -0.2) is 4.98 Å². The zero-order chi connectivity index (χ0) is 15.9. The molecule has 1 radical (unpaired) electrons. The largest absolute Gasteiger partial charge is 0.304 e. The number of hydrogen-bond acceptors (Lipinski definition) is 1. The third-order valence-corrected chi connectivity index (χ3v) is 5.79. The van der Waals surface area contributed by atoms with Gasteiger partial charge in [-0.25, -0.2) is 0 Å². The minimum atomic E-state index is 0. The average Bonchev–Trinajstić information content (AvgIpc) is 2.65. The van der Waals surface area contributed by atoms with Crippen LogP contribution in [0.25, 0.3) is 22.0 Å². The standard InChI is InChI=1S/C23H22N.Ir/c1-2-8-18-15-22-19(14-17(18)7-1)12-13-24-23(22)21-11-5-9-16-6-3-4-10-20(16)21;/h5,9,12-15H,1-4,6-8,10H2;/q-1;. The van der Waals surface area contributed by atoms with Crippen molar-refractivity contribution in [2.45, 2.75) is 51.4 Å². The fraction of sp³-hybridized carbons (Fsp3) is 0.348. The molecule has 0 aliphatic heterocycles. The quantitative estimate of drug-likeness (QED) is 0.401. The average molecular weight is 505 g/mol. The maximum absolute atomic E-state index is 4.80. The number of nitrogens with zero attached hydrogens (tertiary/aromatic N) is 1. The van der Waals surface area contributed by atoms with Gasteiger partial charge in [-0.1, -0.05) is 31.4 Å². The summed E-state index contributed by atoms with van der Waals surface area (Å²) < 4.78 is 0. The van der Waals surface area contributed by atoms with E-state index in [-0.39, 0.29) is 20.1 Å². The van der Waals surface area contributed by atoms with Crippen LogP contribution in [0.1, 0.15) is 47.9 Å². The molecule has 3 aromatic rings. The second kappa shape index (κ2) is 7.02. The summed E-state index contributed by atoms with van der Waals surface area (Å²) in [5.41, 5.74) is 8.46. The van der Waals surface area contributed by atoms with Gasteiger partial charge in [0.05, 0.1) is 0 Å². The van der Waals surface area contributed by atoms with Crippen molar-refractivity contribution in [2.24, 2.45) is 0 Å². The zero-order valence-electron chi connectivity index (χ0n) is 14.4. The van der Waals surface area contributed by atoms with Gasteiger partial charge in [0, 0.05) is 26.3 Å². The summed E-state index contributed by atoms with van der Waals surface area (Å²) in [5, 5.41) is 2.65. The molecule has 2 heteroatoms. The summed E-state index contributed by atoms with van der Waals surface area (Å²) in [5.74, 6) is 0. The molecule has 129 valence electrons. The van der Waals surface area contributed by atoms with E-state index in [9.17, 15) is 0 Å². The van der Waals surface area contributed by atoms with E-state index in [4.69, 9.17) is 4.98 Å². The van der Waals surface area contributed by atoms with Crippen molar-refractivity contribution < 1.29 is 20.1 Å². The molecule has 2 aliphatic rings. The minimum Gasteiger partial charge on any atom is -0.304 e. The first kappa shape index (κ1) is 16.9. The molecule has 0 saturated heterocycles. The van der Waals surface area contributed by atoms with Gasteiger partial charge >= 0.3 is 0 Å². The molecule has 1 heterocycles. The SMILES string of the molecule is [Ir].[c-]1ccc2c(c1-c1nccc3cc4c(cc13)CCCC4)CCCC2. The summed E-state index contributed by atoms with van der Waals surface area (Å²) in [4.78, 5) is 4.80. The van der Waals surface area contributed by atoms with E-state index >= 15 is 0 Å². The molecule has 0 atom stereocenters. The van der Waals surface area contributed by atoms with Gasteiger partial charge < -0.3 is 4.98 Å². The van der Waals surface area contributed by atoms with Crippen molar-refractivity contribution in [1.82, 2.24) is 4.98 Å². The van der Waals surface area contributed by atoms with Gasteiger partial charge in [-0.2, -0.15) is 0 Å². The van der Waals surface area contributed by atoms with E-state index in [1.807, 2.05) is 6.20 Å². The molecule has 0 saturated carbocycles. The van der Waals surface area contributed by atoms with Crippen molar-refractivity contribution in [3.8, 4) is 11.3 Å². The van der Waals surface area contributed by atoms with Gasteiger partial charge in [0.15, 0.2) is 0 Å². The van der Waals surface area contributed by atoms with Crippen LogP contribution < -0.4 is 0 Å². The Bertz CT molecular complexity index is 929. The maximum Gasteiger partial charge on any atom is 0.0167 e. The Kier molecular flexibility index (Phi) is 4.75. The Morgan fingerprint density at radius 3 is 2.36 bits per heavy atom. The summed E-state index contributed by atoms with van der Waals surface area (Å²) in [6, 6.07) is 14.9. The van der Waals surface area contributed by atoms with E-state index in [0.717, 1.165) is 5.69 Å². The molecule has 2 aromatic carbocycles. The summed E-state index contributed by atoms with van der Waals surface area (Å²) in [6.45, 7) is 0. The number of benzene rings is 2. The van der Waals surface area contributed by atoms with Crippen molar-refractivity contribution in [3.63, 3.8) is 0 Å². The molecule has 1 aromatic heterocycles. The van der Waals surface area contributed by atoms with E-state index < -0.39 is 0 Å². The molecule has 0 N–H and O–H groups in total. The predicted octanol–water partition coefficient (Wildman–Crippen LogP) is 5.46. The molecule has 25 heavy (non-hydrogen) atoms. The number of rotatable bonds is 1. The molecule has 5 rings (SSSR count). The van der Waals surface area contributed by atoms with Gasteiger partial charge in [-0.05, 0) is 65.8 Å². The van der Waals surface area contributed by atoms with Crippen molar-refractivity contribution in [2.75, 3.05) is 0 Å². The molecule has 1 nitrogen and oxygen atoms in total. The van der Waals surface area contributed by atoms with Crippen molar-refractivity contribution in [3.05, 3.63) is 64.8 Å².